The standard InChI is InChI=1S/C18H27NO2/c1-18(2,3)15-10-8-14(9-11-15)17(21)19(12-5-13-20)16-6-4-7-16/h8-11,16,20H,4-7,12-13H2,1-3H3. The maximum atomic E-state index is 12.7. The Labute approximate surface area is 128 Å². The molecule has 21 heavy (non-hydrogen) atoms. The lowest BCUT2D eigenvalue weighted by Crippen LogP contribution is -2.45. The van der Waals surface area contributed by atoms with Crippen molar-refractivity contribution in [3.8, 4) is 0 Å². The first-order valence-electron chi connectivity index (χ1n) is 7.96. The number of nitrogens with zero attached hydrogens (tertiary/aromatic N) is 1. The van der Waals surface area contributed by atoms with Gasteiger partial charge in [0.05, 0.1) is 0 Å². The molecule has 0 saturated heterocycles. The van der Waals surface area contributed by atoms with Crippen LogP contribution in [0.25, 0.3) is 0 Å². The van der Waals surface area contributed by atoms with Crippen molar-refractivity contribution in [2.45, 2.75) is 57.9 Å². The molecule has 0 unspecified atom stereocenters. The first-order valence-corrected chi connectivity index (χ1v) is 7.96. The molecule has 1 saturated carbocycles. The Bertz CT molecular complexity index is 469. The number of aliphatic hydroxyl groups excluding tert-OH is 1. The molecule has 1 N–H and O–H groups in total. The molecular weight excluding hydrogens is 262 g/mol. The molecule has 1 aromatic rings. The second-order valence-electron chi connectivity index (χ2n) is 6.99. The number of benzene rings is 1. The van der Waals surface area contributed by atoms with Gasteiger partial charge in [-0.1, -0.05) is 32.9 Å². The van der Waals surface area contributed by atoms with E-state index >= 15 is 0 Å². The molecule has 0 spiro atoms. The summed E-state index contributed by atoms with van der Waals surface area (Å²) in [5, 5.41) is 9.03. The quantitative estimate of drug-likeness (QED) is 0.903. The lowest BCUT2D eigenvalue weighted by Gasteiger charge is -2.37. The fraction of sp³-hybridized carbons (Fsp3) is 0.611. The molecule has 0 radical (unpaired) electrons. The third-order valence-corrected chi connectivity index (χ3v) is 4.33. The molecule has 3 nitrogen and oxygen atoms in total. The molecular formula is C18H27NO2. The third-order valence-electron chi connectivity index (χ3n) is 4.33. The SMILES string of the molecule is CC(C)(C)c1ccc(C(=O)N(CCCO)C2CCC2)cc1. The Hall–Kier alpha value is -1.35. The highest BCUT2D eigenvalue weighted by molar-refractivity contribution is 5.94. The monoisotopic (exact) mass is 289 g/mol. The van der Waals surface area contributed by atoms with Gasteiger partial charge in [0.15, 0.2) is 0 Å². The van der Waals surface area contributed by atoms with Crippen LogP contribution in [-0.2, 0) is 5.41 Å². The van der Waals surface area contributed by atoms with E-state index in [1.807, 2.05) is 17.0 Å². The maximum absolute atomic E-state index is 12.7. The topological polar surface area (TPSA) is 40.5 Å². The second-order valence-corrected chi connectivity index (χ2v) is 6.99. The van der Waals surface area contributed by atoms with Crippen molar-refractivity contribution in [1.82, 2.24) is 4.90 Å². The number of hydrogen-bond acceptors (Lipinski definition) is 2. The third kappa shape index (κ3) is 3.85. The lowest BCUT2D eigenvalue weighted by atomic mass is 9.86. The number of carbonyl (C=O) groups excluding carboxylic acids is 1. The maximum Gasteiger partial charge on any atom is 0.254 e. The van der Waals surface area contributed by atoms with Crippen LogP contribution in [0.1, 0.15) is 62.4 Å². The van der Waals surface area contributed by atoms with Gasteiger partial charge >= 0.3 is 0 Å². The summed E-state index contributed by atoms with van der Waals surface area (Å²) in [5.74, 6) is 0.105. The van der Waals surface area contributed by atoms with Crippen molar-refractivity contribution in [2.24, 2.45) is 0 Å². The molecule has 1 aliphatic rings. The molecule has 2 rings (SSSR count). The van der Waals surface area contributed by atoms with Crippen molar-refractivity contribution in [3.05, 3.63) is 35.4 Å². The number of aliphatic hydroxyl groups is 1. The van der Waals surface area contributed by atoms with Crippen LogP contribution in [0, 0.1) is 0 Å². The van der Waals surface area contributed by atoms with Crippen LogP contribution in [-0.4, -0.2) is 35.1 Å². The zero-order valence-electron chi connectivity index (χ0n) is 13.4. The Morgan fingerprint density at radius 3 is 2.29 bits per heavy atom. The van der Waals surface area contributed by atoms with E-state index in [2.05, 4.69) is 32.9 Å². The van der Waals surface area contributed by atoms with Gasteiger partial charge in [-0.05, 0) is 48.8 Å². The number of amides is 1. The van der Waals surface area contributed by atoms with Crippen molar-refractivity contribution in [1.29, 1.82) is 0 Å². The normalized spacial score (nSPS) is 15.6. The number of carbonyl (C=O) groups is 1. The van der Waals surface area contributed by atoms with Gasteiger partial charge in [0.1, 0.15) is 0 Å². The van der Waals surface area contributed by atoms with Gasteiger partial charge in [0, 0.05) is 24.8 Å². The van der Waals surface area contributed by atoms with Gasteiger partial charge in [-0.15, -0.1) is 0 Å². The van der Waals surface area contributed by atoms with Crippen molar-refractivity contribution in [2.75, 3.05) is 13.2 Å². The molecule has 1 amide bonds. The predicted molar refractivity (Wildman–Crippen MR) is 85.5 cm³/mol. The molecule has 3 heteroatoms. The molecule has 116 valence electrons. The largest absolute Gasteiger partial charge is 0.396 e. The van der Waals surface area contributed by atoms with Gasteiger partial charge in [0.2, 0.25) is 0 Å². The van der Waals surface area contributed by atoms with Crippen molar-refractivity contribution in [3.63, 3.8) is 0 Å². The number of rotatable bonds is 5. The summed E-state index contributed by atoms with van der Waals surface area (Å²) in [4.78, 5) is 14.6. The van der Waals surface area contributed by atoms with Crippen LogP contribution < -0.4 is 0 Å². The van der Waals surface area contributed by atoms with E-state index in [9.17, 15) is 4.79 Å². The fourth-order valence-corrected chi connectivity index (χ4v) is 2.67. The van der Waals surface area contributed by atoms with Gasteiger partial charge < -0.3 is 10.0 Å². The van der Waals surface area contributed by atoms with E-state index in [-0.39, 0.29) is 17.9 Å². The summed E-state index contributed by atoms with van der Waals surface area (Å²) in [6, 6.07) is 8.35. The molecule has 0 aliphatic heterocycles. The molecule has 0 bridgehead atoms. The lowest BCUT2D eigenvalue weighted by molar-refractivity contribution is 0.0562. The minimum atomic E-state index is 0.103. The minimum Gasteiger partial charge on any atom is -0.396 e. The van der Waals surface area contributed by atoms with E-state index in [1.54, 1.807) is 0 Å². The highest BCUT2D eigenvalue weighted by Crippen LogP contribution is 2.27. The van der Waals surface area contributed by atoms with E-state index in [1.165, 1.54) is 12.0 Å². The smallest absolute Gasteiger partial charge is 0.254 e. The fourth-order valence-electron chi connectivity index (χ4n) is 2.67. The average molecular weight is 289 g/mol. The first kappa shape index (κ1) is 16.0. The summed E-state index contributed by atoms with van der Waals surface area (Å²) in [7, 11) is 0. The zero-order chi connectivity index (χ0) is 15.5. The average Bonchev–Trinajstić information content (AvgIpc) is 2.39. The Balaban J connectivity index is 2.12. The van der Waals surface area contributed by atoms with Gasteiger partial charge in [0.25, 0.3) is 5.91 Å². The molecule has 1 fully saturated rings. The van der Waals surface area contributed by atoms with E-state index in [0.717, 1.165) is 18.4 Å². The second kappa shape index (κ2) is 6.61. The summed E-state index contributed by atoms with van der Waals surface area (Å²) in [5.41, 5.74) is 2.10. The minimum absolute atomic E-state index is 0.103. The van der Waals surface area contributed by atoms with Crippen LogP contribution >= 0.6 is 0 Å². The van der Waals surface area contributed by atoms with Crippen LogP contribution in [0.5, 0.6) is 0 Å². The molecule has 1 aromatic carbocycles. The van der Waals surface area contributed by atoms with Crippen molar-refractivity contribution >= 4 is 5.91 Å². The van der Waals surface area contributed by atoms with Crippen LogP contribution in [0.15, 0.2) is 24.3 Å². The zero-order valence-corrected chi connectivity index (χ0v) is 13.4. The van der Waals surface area contributed by atoms with Gasteiger partial charge in [-0.3, -0.25) is 4.79 Å². The van der Waals surface area contributed by atoms with Gasteiger partial charge in [-0.2, -0.15) is 0 Å². The van der Waals surface area contributed by atoms with Gasteiger partial charge in [-0.25, -0.2) is 0 Å². The molecule has 0 heterocycles. The molecule has 0 atom stereocenters. The first-order chi connectivity index (χ1) is 9.93. The van der Waals surface area contributed by atoms with Crippen LogP contribution in [0.2, 0.25) is 0 Å². The Morgan fingerprint density at radius 2 is 1.86 bits per heavy atom. The summed E-state index contributed by atoms with van der Waals surface area (Å²) in [6.45, 7) is 7.31. The van der Waals surface area contributed by atoms with E-state index in [0.29, 0.717) is 19.0 Å². The van der Waals surface area contributed by atoms with E-state index in [4.69, 9.17) is 5.11 Å². The predicted octanol–water partition coefficient (Wildman–Crippen LogP) is 3.36. The highest BCUT2D eigenvalue weighted by atomic mass is 16.3. The van der Waals surface area contributed by atoms with Crippen LogP contribution in [0.4, 0.5) is 0 Å². The Morgan fingerprint density at radius 1 is 1.24 bits per heavy atom. The molecule has 0 aromatic heterocycles. The van der Waals surface area contributed by atoms with Crippen molar-refractivity contribution < 1.29 is 9.90 Å². The molecule has 1 aliphatic carbocycles. The van der Waals surface area contributed by atoms with Crippen LogP contribution in [0.3, 0.4) is 0 Å². The number of hydrogen-bond donors (Lipinski definition) is 1. The highest BCUT2D eigenvalue weighted by Gasteiger charge is 2.29. The summed E-state index contributed by atoms with van der Waals surface area (Å²) < 4.78 is 0. The summed E-state index contributed by atoms with van der Waals surface area (Å²) in [6.07, 6.45) is 4.05. The summed E-state index contributed by atoms with van der Waals surface area (Å²) >= 11 is 0. The Kier molecular flexibility index (Phi) is 5.04. The van der Waals surface area contributed by atoms with E-state index < -0.39 is 0 Å².